The summed E-state index contributed by atoms with van der Waals surface area (Å²) in [5, 5.41) is 14.7. The Kier molecular flexibility index (Phi) is 3.95. The SMILES string of the molecule is O=[N+]([O-])c1cc(-n2ncnc2-c2ccccc2C(F)(F)F)ccc1F. The summed E-state index contributed by atoms with van der Waals surface area (Å²) in [5.74, 6) is -1.24. The Bertz CT molecular complexity index is 953. The zero-order chi connectivity index (χ0) is 18.2. The van der Waals surface area contributed by atoms with E-state index in [2.05, 4.69) is 10.1 Å². The van der Waals surface area contributed by atoms with Crippen molar-refractivity contribution in [3.63, 3.8) is 0 Å². The van der Waals surface area contributed by atoms with Gasteiger partial charge in [-0.15, -0.1) is 0 Å². The first-order valence-corrected chi connectivity index (χ1v) is 6.80. The van der Waals surface area contributed by atoms with E-state index in [0.29, 0.717) is 0 Å². The predicted molar refractivity (Wildman–Crippen MR) is 78.4 cm³/mol. The predicted octanol–water partition coefficient (Wildman–Crippen LogP) is 4.00. The second kappa shape index (κ2) is 5.96. The van der Waals surface area contributed by atoms with E-state index in [9.17, 15) is 27.7 Å². The monoisotopic (exact) mass is 352 g/mol. The van der Waals surface area contributed by atoms with Crippen LogP contribution >= 0.6 is 0 Å². The maximum absolute atomic E-state index is 13.5. The first kappa shape index (κ1) is 16.6. The summed E-state index contributed by atoms with van der Waals surface area (Å²) in [4.78, 5) is 13.7. The van der Waals surface area contributed by atoms with Crippen LogP contribution in [0.5, 0.6) is 0 Å². The van der Waals surface area contributed by atoms with Crippen molar-refractivity contribution in [1.82, 2.24) is 14.8 Å². The lowest BCUT2D eigenvalue weighted by molar-refractivity contribution is -0.387. The summed E-state index contributed by atoms with van der Waals surface area (Å²) < 4.78 is 54.1. The number of hydrogen-bond donors (Lipinski definition) is 0. The van der Waals surface area contributed by atoms with Crippen LogP contribution in [0.15, 0.2) is 48.8 Å². The third-order valence-corrected chi connectivity index (χ3v) is 3.39. The molecule has 0 aliphatic heterocycles. The molecule has 1 aromatic heterocycles. The van der Waals surface area contributed by atoms with Gasteiger partial charge in [0, 0.05) is 11.6 Å². The summed E-state index contributed by atoms with van der Waals surface area (Å²) in [7, 11) is 0. The smallest absolute Gasteiger partial charge is 0.258 e. The summed E-state index contributed by atoms with van der Waals surface area (Å²) >= 11 is 0. The number of rotatable bonds is 3. The van der Waals surface area contributed by atoms with Gasteiger partial charge in [-0.1, -0.05) is 18.2 Å². The maximum atomic E-state index is 13.5. The lowest BCUT2D eigenvalue weighted by atomic mass is 10.1. The Morgan fingerprint density at radius 3 is 2.52 bits per heavy atom. The molecule has 1 heterocycles. The van der Waals surface area contributed by atoms with Crippen LogP contribution in [0.2, 0.25) is 0 Å². The molecule has 128 valence electrons. The van der Waals surface area contributed by atoms with Crippen LogP contribution in [0, 0.1) is 15.9 Å². The fourth-order valence-electron chi connectivity index (χ4n) is 2.31. The molecule has 0 unspecified atom stereocenters. The van der Waals surface area contributed by atoms with Crippen molar-refractivity contribution < 1.29 is 22.5 Å². The molecule has 10 heteroatoms. The van der Waals surface area contributed by atoms with Crippen LogP contribution in [0.3, 0.4) is 0 Å². The highest BCUT2D eigenvalue weighted by molar-refractivity contribution is 5.63. The third-order valence-electron chi connectivity index (χ3n) is 3.39. The van der Waals surface area contributed by atoms with Crippen molar-refractivity contribution in [2.75, 3.05) is 0 Å². The van der Waals surface area contributed by atoms with Crippen molar-refractivity contribution in [2.24, 2.45) is 0 Å². The molecular weight excluding hydrogens is 344 g/mol. The standard InChI is InChI=1S/C15H8F4N4O2/c16-12-6-5-9(7-13(12)23(24)25)22-14(20-8-21-22)10-3-1-2-4-11(10)15(17,18)19/h1-8H. The molecule has 0 N–H and O–H groups in total. The van der Waals surface area contributed by atoms with Gasteiger partial charge in [0.25, 0.3) is 0 Å². The Labute approximate surface area is 137 Å². The van der Waals surface area contributed by atoms with Gasteiger partial charge in [0.05, 0.1) is 16.2 Å². The molecule has 0 saturated carbocycles. The number of halogens is 4. The summed E-state index contributed by atoms with van der Waals surface area (Å²) in [6.45, 7) is 0. The lowest BCUT2D eigenvalue weighted by Crippen LogP contribution is -2.09. The van der Waals surface area contributed by atoms with Crippen LogP contribution < -0.4 is 0 Å². The van der Waals surface area contributed by atoms with Crippen LogP contribution in [0.4, 0.5) is 23.2 Å². The Morgan fingerprint density at radius 2 is 1.84 bits per heavy atom. The second-order valence-electron chi connectivity index (χ2n) is 4.93. The number of nitro benzene ring substituents is 1. The highest BCUT2D eigenvalue weighted by Crippen LogP contribution is 2.36. The van der Waals surface area contributed by atoms with Crippen molar-refractivity contribution in [3.05, 3.63) is 70.3 Å². The number of hydrogen-bond acceptors (Lipinski definition) is 4. The highest BCUT2D eigenvalue weighted by atomic mass is 19.4. The Hall–Kier alpha value is -3.30. The van der Waals surface area contributed by atoms with Crippen molar-refractivity contribution in [1.29, 1.82) is 0 Å². The van der Waals surface area contributed by atoms with Gasteiger partial charge in [0.15, 0.2) is 5.82 Å². The zero-order valence-electron chi connectivity index (χ0n) is 12.2. The Balaban J connectivity index is 2.19. The number of alkyl halides is 3. The molecule has 0 spiro atoms. The van der Waals surface area contributed by atoms with Gasteiger partial charge in [-0.05, 0) is 18.2 Å². The van der Waals surface area contributed by atoms with E-state index in [-0.39, 0.29) is 17.1 Å². The quantitative estimate of drug-likeness (QED) is 0.406. The number of nitrogens with zero attached hydrogens (tertiary/aromatic N) is 4. The minimum atomic E-state index is -4.62. The number of benzene rings is 2. The van der Waals surface area contributed by atoms with Crippen LogP contribution in [0.1, 0.15) is 5.56 Å². The molecule has 0 radical (unpaired) electrons. The van der Waals surface area contributed by atoms with Crippen molar-refractivity contribution in [2.45, 2.75) is 6.18 Å². The first-order valence-electron chi connectivity index (χ1n) is 6.80. The Morgan fingerprint density at radius 1 is 1.12 bits per heavy atom. The van der Waals surface area contributed by atoms with Gasteiger partial charge in [-0.3, -0.25) is 10.1 Å². The lowest BCUT2D eigenvalue weighted by Gasteiger charge is -2.13. The highest BCUT2D eigenvalue weighted by Gasteiger charge is 2.34. The molecule has 6 nitrogen and oxygen atoms in total. The van der Waals surface area contributed by atoms with Gasteiger partial charge >= 0.3 is 11.9 Å². The molecule has 0 saturated heterocycles. The van der Waals surface area contributed by atoms with Crippen LogP contribution in [0.25, 0.3) is 17.1 Å². The van der Waals surface area contributed by atoms with Gasteiger partial charge in [0.2, 0.25) is 5.82 Å². The normalized spacial score (nSPS) is 11.5. The minimum absolute atomic E-state index is 0.0116. The largest absolute Gasteiger partial charge is 0.417 e. The van der Waals surface area contributed by atoms with Crippen molar-refractivity contribution in [3.8, 4) is 17.1 Å². The number of aromatic nitrogens is 3. The molecule has 0 fully saturated rings. The van der Waals surface area contributed by atoms with E-state index >= 15 is 0 Å². The average molecular weight is 352 g/mol. The van der Waals surface area contributed by atoms with Gasteiger partial charge in [-0.2, -0.15) is 22.7 Å². The molecular formula is C15H8F4N4O2. The molecule has 0 amide bonds. The van der Waals surface area contributed by atoms with E-state index in [1.54, 1.807) is 0 Å². The second-order valence-corrected chi connectivity index (χ2v) is 4.93. The van der Waals surface area contributed by atoms with Crippen molar-refractivity contribution >= 4 is 5.69 Å². The van der Waals surface area contributed by atoms with Gasteiger partial charge in [0.1, 0.15) is 6.33 Å². The van der Waals surface area contributed by atoms with E-state index < -0.39 is 28.2 Å². The maximum Gasteiger partial charge on any atom is 0.417 e. The minimum Gasteiger partial charge on any atom is -0.258 e. The van der Waals surface area contributed by atoms with E-state index in [4.69, 9.17) is 0 Å². The fourth-order valence-corrected chi connectivity index (χ4v) is 2.31. The summed E-state index contributed by atoms with van der Waals surface area (Å²) in [6, 6.07) is 7.62. The fraction of sp³-hybridized carbons (Fsp3) is 0.0667. The zero-order valence-corrected chi connectivity index (χ0v) is 12.2. The summed E-state index contributed by atoms with van der Waals surface area (Å²) in [6.07, 6.45) is -3.61. The summed E-state index contributed by atoms with van der Waals surface area (Å²) in [5.41, 5.74) is -1.99. The van der Waals surface area contributed by atoms with E-state index in [0.717, 1.165) is 35.3 Å². The topological polar surface area (TPSA) is 73.8 Å². The number of nitro groups is 1. The molecule has 2 aromatic carbocycles. The van der Waals surface area contributed by atoms with Crippen LogP contribution in [-0.4, -0.2) is 19.7 Å². The van der Waals surface area contributed by atoms with E-state index in [1.165, 1.54) is 18.2 Å². The molecule has 3 aromatic rings. The molecule has 25 heavy (non-hydrogen) atoms. The molecule has 0 aliphatic carbocycles. The first-order chi connectivity index (χ1) is 11.8. The molecule has 0 bridgehead atoms. The van der Waals surface area contributed by atoms with Gasteiger partial charge < -0.3 is 0 Å². The van der Waals surface area contributed by atoms with Crippen LogP contribution in [-0.2, 0) is 6.18 Å². The van der Waals surface area contributed by atoms with E-state index in [1.807, 2.05) is 0 Å². The molecule has 0 atom stereocenters. The average Bonchev–Trinajstić information content (AvgIpc) is 3.03. The third kappa shape index (κ3) is 3.05. The van der Waals surface area contributed by atoms with Gasteiger partial charge in [-0.25, -0.2) is 9.67 Å². The molecule has 3 rings (SSSR count). The molecule has 0 aliphatic rings.